The Labute approximate surface area is 138 Å². The number of carbonyl (C=O) groups excluding carboxylic acids is 1. The highest BCUT2D eigenvalue weighted by Crippen LogP contribution is 2.35. The van der Waals surface area contributed by atoms with E-state index in [2.05, 4.69) is 15.5 Å². The fraction of sp³-hybridized carbons (Fsp3) is 0.438. The SMILES string of the molecule is CCc1nc(-c2ccc3c(c2)OC[C@H]3NC(=O)N2CC(O)C2)no1. The molecule has 0 saturated carbocycles. The van der Waals surface area contributed by atoms with Crippen LogP contribution in [0.4, 0.5) is 4.79 Å². The normalized spacial score (nSPS) is 19.6. The lowest BCUT2D eigenvalue weighted by Crippen LogP contribution is -2.57. The van der Waals surface area contributed by atoms with Crippen molar-refractivity contribution < 1.29 is 19.2 Å². The van der Waals surface area contributed by atoms with Gasteiger partial charge in [-0.2, -0.15) is 4.98 Å². The number of hydrogen-bond acceptors (Lipinski definition) is 6. The van der Waals surface area contributed by atoms with Crippen LogP contribution in [0.5, 0.6) is 5.75 Å². The molecule has 8 heteroatoms. The Morgan fingerprint density at radius 2 is 2.29 bits per heavy atom. The minimum atomic E-state index is -0.409. The first kappa shape index (κ1) is 14.9. The van der Waals surface area contributed by atoms with E-state index in [1.165, 1.54) is 0 Å². The zero-order valence-electron chi connectivity index (χ0n) is 13.2. The minimum absolute atomic E-state index is 0.184. The van der Waals surface area contributed by atoms with Crippen molar-refractivity contribution in [3.63, 3.8) is 0 Å². The zero-order valence-corrected chi connectivity index (χ0v) is 13.2. The Bertz CT molecular complexity index is 769. The van der Waals surface area contributed by atoms with Crippen molar-refractivity contribution >= 4 is 6.03 Å². The number of amides is 2. The molecule has 0 bridgehead atoms. The number of benzene rings is 1. The van der Waals surface area contributed by atoms with Gasteiger partial charge in [-0.25, -0.2) is 4.79 Å². The largest absolute Gasteiger partial charge is 0.491 e. The van der Waals surface area contributed by atoms with Gasteiger partial charge in [0, 0.05) is 17.5 Å². The van der Waals surface area contributed by atoms with Crippen LogP contribution in [-0.2, 0) is 6.42 Å². The Morgan fingerprint density at radius 1 is 1.46 bits per heavy atom. The van der Waals surface area contributed by atoms with Gasteiger partial charge in [0.1, 0.15) is 12.4 Å². The molecule has 1 saturated heterocycles. The number of nitrogens with zero attached hydrogens (tertiary/aromatic N) is 3. The fourth-order valence-corrected chi connectivity index (χ4v) is 2.85. The number of nitrogens with one attached hydrogen (secondary N) is 1. The summed E-state index contributed by atoms with van der Waals surface area (Å²) in [5.74, 6) is 1.83. The van der Waals surface area contributed by atoms with Crippen LogP contribution in [0.3, 0.4) is 0 Å². The summed E-state index contributed by atoms with van der Waals surface area (Å²) in [6.07, 6.45) is 0.279. The summed E-state index contributed by atoms with van der Waals surface area (Å²) < 4.78 is 10.8. The van der Waals surface area contributed by atoms with Crippen molar-refractivity contribution in [2.75, 3.05) is 19.7 Å². The van der Waals surface area contributed by atoms with Crippen molar-refractivity contribution in [2.45, 2.75) is 25.5 Å². The predicted molar refractivity (Wildman–Crippen MR) is 83.5 cm³/mol. The van der Waals surface area contributed by atoms with Crippen molar-refractivity contribution in [3.05, 3.63) is 29.7 Å². The zero-order chi connectivity index (χ0) is 16.7. The monoisotopic (exact) mass is 330 g/mol. The fourth-order valence-electron chi connectivity index (χ4n) is 2.85. The standard InChI is InChI=1S/C16H18N4O4/c1-2-14-18-15(19-24-14)9-3-4-11-12(8-23-13(11)5-9)17-16(22)20-6-10(21)7-20/h3-5,10,12,21H,2,6-8H2,1H3,(H,17,22)/t12-/m1/s1. The Hall–Kier alpha value is -2.61. The summed E-state index contributed by atoms with van der Waals surface area (Å²) in [4.78, 5) is 18.0. The van der Waals surface area contributed by atoms with E-state index in [-0.39, 0.29) is 12.1 Å². The molecule has 2 N–H and O–H groups in total. The second kappa shape index (κ2) is 5.79. The summed E-state index contributed by atoms with van der Waals surface area (Å²) in [6, 6.07) is 5.28. The lowest BCUT2D eigenvalue weighted by atomic mass is 10.1. The van der Waals surface area contributed by atoms with E-state index >= 15 is 0 Å². The molecule has 0 unspecified atom stereocenters. The number of fused-ring (bicyclic) bond motifs is 1. The van der Waals surface area contributed by atoms with Crippen molar-refractivity contribution in [1.82, 2.24) is 20.4 Å². The Balaban J connectivity index is 1.49. The molecule has 0 aliphatic carbocycles. The van der Waals surface area contributed by atoms with E-state index in [9.17, 15) is 9.90 Å². The summed E-state index contributed by atoms with van der Waals surface area (Å²) >= 11 is 0. The Morgan fingerprint density at radius 3 is 3.00 bits per heavy atom. The average Bonchev–Trinajstić information content (AvgIpc) is 3.18. The molecule has 24 heavy (non-hydrogen) atoms. The smallest absolute Gasteiger partial charge is 0.318 e. The molecule has 2 amide bonds. The van der Waals surface area contributed by atoms with E-state index in [4.69, 9.17) is 9.26 Å². The molecule has 126 valence electrons. The molecule has 1 atom stereocenters. The number of aliphatic hydroxyl groups is 1. The van der Waals surface area contributed by atoms with Gasteiger partial charge < -0.3 is 24.6 Å². The van der Waals surface area contributed by atoms with Gasteiger partial charge in [0.2, 0.25) is 11.7 Å². The van der Waals surface area contributed by atoms with Crippen molar-refractivity contribution in [3.8, 4) is 17.1 Å². The third-order valence-electron chi connectivity index (χ3n) is 4.27. The third kappa shape index (κ3) is 2.58. The van der Waals surface area contributed by atoms with Crippen LogP contribution in [0.25, 0.3) is 11.4 Å². The van der Waals surface area contributed by atoms with E-state index < -0.39 is 6.10 Å². The summed E-state index contributed by atoms with van der Waals surface area (Å²) in [7, 11) is 0. The molecule has 0 radical (unpaired) electrons. The molecule has 0 spiro atoms. The summed E-state index contributed by atoms with van der Waals surface area (Å²) in [5, 5.41) is 16.2. The van der Waals surface area contributed by atoms with Crippen LogP contribution in [-0.4, -0.2) is 52.0 Å². The van der Waals surface area contributed by atoms with Crippen LogP contribution in [0.2, 0.25) is 0 Å². The van der Waals surface area contributed by atoms with Gasteiger partial charge in [-0.1, -0.05) is 24.2 Å². The molecular formula is C16H18N4O4. The number of urea groups is 1. The maximum absolute atomic E-state index is 12.1. The maximum atomic E-state index is 12.1. The van der Waals surface area contributed by atoms with Gasteiger partial charge in [0.05, 0.1) is 25.2 Å². The van der Waals surface area contributed by atoms with Crippen LogP contribution in [0.1, 0.15) is 24.4 Å². The number of hydrogen-bond donors (Lipinski definition) is 2. The van der Waals surface area contributed by atoms with Crippen LogP contribution < -0.4 is 10.1 Å². The molecule has 1 fully saturated rings. The molecule has 3 heterocycles. The highest BCUT2D eigenvalue weighted by molar-refractivity contribution is 5.76. The van der Waals surface area contributed by atoms with Crippen LogP contribution >= 0.6 is 0 Å². The number of β-amino-alcohol motifs (C(OH)–C–C–N with tert-alkyl or cyclic N) is 1. The van der Waals surface area contributed by atoms with E-state index in [0.717, 1.165) is 11.1 Å². The first-order chi connectivity index (χ1) is 11.6. The number of ether oxygens (including phenoxy) is 1. The average molecular weight is 330 g/mol. The second-order valence-electron chi connectivity index (χ2n) is 5.99. The summed E-state index contributed by atoms with van der Waals surface area (Å²) in [5.41, 5.74) is 1.74. The van der Waals surface area contributed by atoms with E-state index in [1.807, 2.05) is 25.1 Å². The lowest BCUT2D eigenvalue weighted by Gasteiger charge is -2.36. The number of rotatable bonds is 3. The highest BCUT2D eigenvalue weighted by Gasteiger charge is 2.32. The van der Waals surface area contributed by atoms with Gasteiger partial charge in [-0.15, -0.1) is 0 Å². The molecule has 2 aliphatic heterocycles. The van der Waals surface area contributed by atoms with Gasteiger partial charge in [-0.05, 0) is 6.07 Å². The predicted octanol–water partition coefficient (Wildman–Crippen LogP) is 1.12. The Kier molecular flexibility index (Phi) is 3.61. The quantitative estimate of drug-likeness (QED) is 0.874. The lowest BCUT2D eigenvalue weighted by molar-refractivity contribution is 0.0255. The van der Waals surface area contributed by atoms with Crippen molar-refractivity contribution in [2.24, 2.45) is 0 Å². The molecule has 4 rings (SSSR count). The van der Waals surface area contributed by atoms with Crippen molar-refractivity contribution in [1.29, 1.82) is 0 Å². The molecule has 1 aromatic heterocycles. The maximum Gasteiger partial charge on any atom is 0.318 e. The summed E-state index contributed by atoms with van der Waals surface area (Å²) in [6.45, 7) is 3.09. The molecule has 2 aromatic rings. The topological polar surface area (TPSA) is 101 Å². The van der Waals surface area contributed by atoms with Crippen LogP contribution in [0, 0.1) is 0 Å². The van der Waals surface area contributed by atoms with Gasteiger partial charge in [0.15, 0.2) is 0 Å². The first-order valence-corrected chi connectivity index (χ1v) is 7.97. The molecule has 1 aromatic carbocycles. The number of aliphatic hydroxyl groups excluding tert-OH is 1. The number of carbonyl (C=O) groups is 1. The number of aryl methyl sites for hydroxylation is 1. The highest BCUT2D eigenvalue weighted by atomic mass is 16.5. The van der Waals surface area contributed by atoms with Gasteiger partial charge in [-0.3, -0.25) is 0 Å². The molecular weight excluding hydrogens is 312 g/mol. The van der Waals surface area contributed by atoms with E-state index in [0.29, 0.717) is 43.6 Å². The minimum Gasteiger partial charge on any atom is -0.491 e. The molecule has 8 nitrogen and oxygen atoms in total. The first-order valence-electron chi connectivity index (χ1n) is 7.97. The van der Waals surface area contributed by atoms with Gasteiger partial charge >= 0.3 is 6.03 Å². The van der Waals surface area contributed by atoms with Crippen LogP contribution in [0.15, 0.2) is 22.7 Å². The van der Waals surface area contributed by atoms with Gasteiger partial charge in [0.25, 0.3) is 0 Å². The second-order valence-corrected chi connectivity index (χ2v) is 5.99. The van der Waals surface area contributed by atoms with E-state index in [1.54, 1.807) is 4.90 Å². The number of aromatic nitrogens is 2. The third-order valence-corrected chi connectivity index (χ3v) is 4.27. The molecule has 2 aliphatic rings. The number of likely N-dealkylation sites (tertiary alicyclic amines) is 1.